The van der Waals surface area contributed by atoms with Gasteiger partial charge < -0.3 is 5.32 Å². The van der Waals surface area contributed by atoms with E-state index in [1.165, 1.54) is 0 Å². The van der Waals surface area contributed by atoms with Gasteiger partial charge >= 0.3 is 0 Å². The van der Waals surface area contributed by atoms with E-state index in [1.807, 2.05) is 45.1 Å². The molecular weight excluding hydrogens is 230 g/mol. The van der Waals surface area contributed by atoms with Crippen molar-refractivity contribution in [3.63, 3.8) is 0 Å². The van der Waals surface area contributed by atoms with Gasteiger partial charge in [-0.2, -0.15) is 0 Å². The summed E-state index contributed by atoms with van der Waals surface area (Å²) in [4.78, 5) is 0. The molecule has 0 bridgehead atoms. The minimum absolute atomic E-state index is 0.842. The molecule has 0 fully saturated rings. The summed E-state index contributed by atoms with van der Waals surface area (Å²) in [5, 5.41) is 3.30. The molecule has 19 heavy (non-hydrogen) atoms. The molecule has 1 N–H and O–H groups in total. The lowest BCUT2D eigenvalue weighted by molar-refractivity contribution is 0.973. The smallest absolute Gasteiger partial charge is 0.0382 e. The van der Waals surface area contributed by atoms with Gasteiger partial charge in [0.1, 0.15) is 0 Å². The molecule has 1 nitrogen and oxygen atoms in total. The first-order valence-electron chi connectivity index (χ1n) is 6.36. The first-order chi connectivity index (χ1) is 8.96. The maximum Gasteiger partial charge on any atom is 0.0382 e. The van der Waals surface area contributed by atoms with Gasteiger partial charge in [-0.05, 0) is 38.8 Å². The van der Waals surface area contributed by atoms with E-state index in [4.69, 9.17) is 0 Å². The fraction of sp³-hybridized carbons (Fsp3) is 0.222. The summed E-state index contributed by atoms with van der Waals surface area (Å²) in [5.74, 6) is 0. The molecule has 0 rings (SSSR count). The third-order valence-corrected chi connectivity index (χ3v) is 2.73. The van der Waals surface area contributed by atoms with Crippen molar-refractivity contribution in [2.24, 2.45) is 0 Å². The number of hydrogen-bond acceptors (Lipinski definition) is 1. The van der Waals surface area contributed by atoms with Crippen LogP contribution < -0.4 is 5.32 Å². The molecular formula is C18H25N. The van der Waals surface area contributed by atoms with Gasteiger partial charge in [-0.1, -0.05) is 61.8 Å². The zero-order valence-corrected chi connectivity index (χ0v) is 12.6. The largest absolute Gasteiger partial charge is 0.359 e. The van der Waals surface area contributed by atoms with Crippen molar-refractivity contribution < 1.29 is 0 Å². The molecule has 0 aliphatic heterocycles. The van der Waals surface area contributed by atoms with Crippen molar-refractivity contribution in [2.75, 3.05) is 0 Å². The second-order valence-electron chi connectivity index (χ2n) is 4.36. The van der Waals surface area contributed by atoms with Crippen LogP contribution in [0.4, 0.5) is 0 Å². The van der Waals surface area contributed by atoms with Gasteiger partial charge in [-0.3, -0.25) is 0 Å². The molecule has 102 valence electrons. The molecule has 0 radical (unpaired) electrons. The Labute approximate surface area is 118 Å². The van der Waals surface area contributed by atoms with Crippen molar-refractivity contribution in [1.29, 1.82) is 0 Å². The standard InChI is InChI=1S/C18H25N/c1-8-11-12-18(10-3)17(7)19-16(6)15(5)13-14(4)9-2/h8-13,19H,2-3,7H2,1,4-6H3/b11-8-,14-13-,16-15+,18-12+. The number of allylic oxidation sites excluding steroid dienone is 9. The number of hydrogen-bond donors (Lipinski definition) is 1. The van der Waals surface area contributed by atoms with Crippen LogP contribution in [0.15, 0.2) is 84.3 Å². The lowest BCUT2D eigenvalue weighted by Gasteiger charge is -2.12. The fourth-order valence-corrected chi connectivity index (χ4v) is 1.40. The second-order valence-corrected chi connectivity index (χ2v) is 4.36. The molecule has 0 aliphatic rings. The highest BCUT2D eigenvalue weighted by Gasteiger charge is 2.00. The molecule has 1 heteroatoms. The van der Waals surface area contributed by atoms with Crippen molar-refractivity contribution >= 4 is 0 Å². The van der Waals surface area contributed by atoms with E-state index in [1.54, 1.807) is 6.08 Å². The van der Waals surface area contributed by atoms with E-state index in [0.29, 0.717) is 0 Å². The highest BCUT2D eigenvalue weighted by atomic mass is 14.9. The highest BCUT2D eigenvalue weighted by molar-refractivity contribution is 5.41. The molecule has 0 aromatic rings. The Morgan fingerprint density at radius 2 is 1.68 bits per heavy atom. The van der Waals surface area contributed by atoms with Crippen molar-refractivity contribution in [1.82, 2.24) is 5.32 Å². The normalized spacial score (nSPS) is 14.1. The summed E-state index contributed by atoms with van der Waals surface area (Å²) in [6.45, 7) is 19.7. The average Bonchev–Trinajstić information content (AvgIpc) is 2.39. The van der Waals surface area contributed by atoms with Crippen molar-refractivity contribution in [2.45, 2.75) is 27.7 Å². The van der Waals surface area contributed by atoms with Crippen molar-refractivity contribution in [3.05, 3.63) is 84.3 Å². The van der Waals surface area contributed by atoms with Gasteiger partial charge in [-0.15, -0.1) is 0 Å². The molecule has 0 saturated carbocycles. The van der Waals surface area contributed by atoms with Gasteiger partial charge in [0.2, 0.25) is 0 Å². The van der Waals surface area contributed by atoms with Crippen LogP contribution in [0, 0.1) is 0 Å². The van der Waals surface area contributed by atoms with Gasteiger partial charge in [0.25, 0.3) is 0 Å². The van der Waals surface area contributed by atoms with Crippen LogP contribution in [0.25, 0.3) is 0 Å². The Morgan fingerprint density at radius 3 is 2.16 bits per heavy atom. The Hall–Kier alpha value is -2.02. The monoisotopic (exact) mass is 255 g/mol. The predicted molar refractivity (Wildman–Crippen MR) is 87.7 cm³/mol. The van der Waals surface area contributed by atoms with Gasteiger partial charge in [0, 0.05) is 11.4 Å². The van der Waals surface area contributed by atoms with E-state index in [9.17, 15) is 0 Å². The van der Waals surface area contributed by atoms with E-state index in [-0.39, 0.29) is 0 Å². The molecule has 0 amide bonds. The van der Waals surface area contributed by atoms with E-state index in [0.717, 1.165) is 28.1 Å². The quantitative estimate of drug-likeness (QED) is 0.616. The first-order valence-corrected chi connectivity index (χ1v) is 6.36. The second kappa shape index (κ2) is 8.98. The Bertz CT molecular complexity index is 468. The summed E-state index contributed by atoms with van der Waals surface area (Å²) < 4.78 is 0. The molecule has 0 atom stereocenters. The zero-order chi connectivity index (χ0) is 14.8. The maximum atomic E-state index is 4.04. The van der Waals surface area contributed by atoms with Crippen LogP contribution in [0.1, 0.15) is 27.7 Å². The van der Waals surface area contributed by atoms with Crippen LogP contribution in [-0.4, -0.2) is 0 Å². The van der Waals surface area contributed by atoms with Gasteiger partial charge in [0.15, 0.2) is 0 Å². The molecule has 0 aromatic carbocycles. The first kappa shape index (κ1) is 17.0. The van der Waals surface area contributed by atoms with E-state index in [2.05, 4.69) is 38.1 Å². The molecule has 0 aromatic heterocycles. The summed E-state index contributed by atoms with van der Waals surface area (Å²) in [7, 11) is 0. The number of rotatable bonds is 7. The van der Waals surface area contributed by atoms with Crippen molar-refractivity contribution in [3.8, 4) is 0 Å². The summed E-state index contributed by atoms with van der Waals surface area (Å²) in [6.07, 6.45) is 11.6. The topological polar surface area (TPSA) is 12.0 Å². The van der Waals surface area contributed by atoms with E-state index < -0.39 is 0 Å². The molecule has 0 aliphatic carbocycles. The fourth-order valence-electron chi connectivity index (χ4n) is 1.40. The lowest BCUT2D eigenvalue weighted by atomic mass is 10.1. The molecule has 0 unspecified atom stereocenters. The number of nitrogens with one attached hydrogen (secondary N) is 1. The molecule has 0 spiro atoms. The minimum Gasteiger partial charge on any atom is -0.359 e. The Kier molecular flexibility index (Phi) is 8.03. The van der Waals surface area contributed by atoms with Gasteiger partial charge in [-0.25, -0.2) is 0 Å². The lowest BCUT2D eigenvalue weighted by Crippen LogP contribution is -2.12. The molecule has 0 heterocycles. The Balaban J connectivity index is 5.04. The maximum absolute atomic E-state index is 4.04. The van der Waals surface area contributed by atoms with Gasteiger partial charge in [0.05, 0.1) is 0 Å². The summed E-state index contributed by atoms with van der Waals surface area (Å²) in [6, 6.07) is 0. The third-order valence-electron chi connectivity index (χ3n) is 2.73. The SMILES string of the molecule is C=C/C(C)=C\C(C)=C(/C)NC(=C)/C(C=C)=C/C=C\C. The van der Waals surface area contributed by atoms with Crippen LogP contribution >= 0.6 is 0 Å². The predicted octanol–water partition coefficient (Wildman–Crippen LogP) is 5.20. The highest BCUT2D eigenvalue weighted by Crippen LogP contribution is 2.12. The molecule has 0 saturated heterocycles. The van der Waals surface area contributed by atoms with Crippen LogP contribution in [-0.2, 0) is 0 Å². The van der Waals surface area contributed by atoms with E-state index >= 15 is 0 Å². The average molecular weight is 255 g/mol. The van der Waals surface area contributed by atoms with Crippen LogP contribution in [0.2, 0.25) is 0 Å². The van der Waals surface area contributed by atoms with Crippen LogP contribution in [0.5, 0.6) is 0 Å². The summed E-state index contributed by atoms with van der Waals surface area (Å²) in [5.41, 5.74) is 5.19. The van der Waals surface area contributed by atoms with Crippen LogP contribution in [0.3, 0.4) is 0 Å². The third kappa shape index (κ3) is 6.46. The zero-order valence-electron chi connectivity index (χ0n) is 12.6. The Morgan fingerprint density at radius 1 is 1.05 bits per heavy atom. The minimum atomic E-state index is 0.842. The summed E-state index contributed by atoms with van der Waals surface area (Å²) >= 11 is 0.